The Labute approximate surface area is 212 Å². The first kappa shape index (κ1) is 22.4. The number of benzene rings is 3. The van der Waals surface area contributed by atoms with Gasteiger partial charge in [0.2, 0.25) is 5.78 Å². The summed E-state index contributed by atoms with van der Waals surface area (Å²) < 4.78 is 13.5. The zero-order chi connectivity index (χ0) is 24.6. The molecule has 5 heteroatoms. The lowest BCUT2D eigenvalue weighted by Crippen LogP contribution is -2.08. The van der Waals surface area contributed by atoms with E-state index in [-0.39, 0.29) is 11.6 Å². The van der Waals surface area contributed by atoms with Crippen LogP contribution in [0.4, 0.5) is 10.1 Å². The summed E-state index contributed by atoms with van der Waals surface area (Å²) in [7, 11) is 0. The molecule has 2 aromatic heterocycles. The number of hydrogen-bond donors (Lipinski definition) is 1. The molecule has 0 amide bonds. The van der Waals surface area contributed by atoms with Gasteiger partial charge >= 0.3 is 0 Å². The third-order valence-corrected chi connectivity index (χ3v) is 7.77. The van der Waals surface area contributed by atoms with Crippen LogP contribution < -0.4 is 5.73 Å². The van der Waals surface area contributed by atoms with Gasteiger partial charge in [0.1, 0.15) is 15.5 Å². The van der Waals surface area contributed by atoms with Crippen LogP contribution in [-0.2, 0) is 6.42 Å². The van der Waals surface area contributed by atoms with Crippen LogP contribution in [0.2, 0.25) is 0 Å². The van der Waals surface area contributed by atoms with E-state index in [1.165, 1.54) is 46.7 Å². The van der Waals surface area contributed by atoms with Gasteiger partial charge in [-0.15, -0.1) is 11.3 Å². The molecule has 0 atom stereocenters. The van der Waals surface area contributed by atoms with Gasteiger partial charge in [0, 0.05) is 10.9 Å². The molecule has 3 nitrogen and oxygen atoms in total. The summed E-state index contributed by atoms with van der Waals surface area (Å²) in [6.45, 7) is 0. The molecule has 0 unspecified atom stereocenters. The van der Waals surface area contributed by atoms with Gasteiger partial charge in [-0.3, -0.25) is 4.79 Å². The minimum atomic E-state index is -0.380. The standard InChI is InChI=1S/C31H23FN2OS/c32-23-16-14-21(15-17-23)29(35)30-27(33)26-25(20-10-5-2-6-11-20)24-13-7-12-22(28(24)34-31(26)36-30)18-19-8-3-1-4-9-19/h1-6,8-11,14-18H,7,12-13,33H2. The van der Waals surface area contributed by atoms with E-state index in [2.05, 4.69) is 30.3 Å². The maximum absolute atomic E-state index is 13.5. The summed E-state index contributed by atoms with van der Waals surface area (Å²) in [6, 6.07) is 26.1. The number of halogens is 1. The fraction of sp³-hybridized carbons (Fsp3) is 0.0968. The van der Waals surface area contributed by atoms with Crippen molar-refractivity contribution < 1.29 is 9.18 Å². The van der Waals surface area contributed by atoms with Crippen molar-refractivity contribution in [2.45, 2.75) is 19.3 Å². The largest absolute Gasteiger partial charge is 0.397 e. The van der Waals surface area contributed by atoms with Crippen molar-refractivity contribution in [3.8, 4) is 11.1 Å². The van der Waals surface area contributed by atoms with Crippen molar-refractivity contribution in [3.63, 3.8) is 0 Å². The van der Waals surface area contributed by atoms with Gasteiger partial charge in [-0.05, 0) is 77.4 Å². The molecule has 0 fully saturated rings. The number of nitrogens with zero attached hydrogens (tertiary/aromatic N) is 1. The lowest BCUT2D eigenvalue weighted by molar-refractivity contribution is 0.104. The highest BCUT2D eigenvalue weighted by Gasteiger charge is 2.27. The van der Waals surface area contributed by atoms with Crippen LogP contribution in [-0.4, -0.2) is 10.8 Å². The van der Waals surface area contributed by atoms with Crippen LogP contribution in [0.1, 0.15) is 44.9 Å². The normalized spacial score (nSPS) is 14.2. The number of nitrogen functional groups attached to an aromatic ring is 1. The fourth-order valence-corrected chi connectivity index (χ4v) is 6.06. The van der Waals surface area contributed by atoms with E-state index in [4.69, 9.17) is 10.7 Å². The Balaban J connectivity index is 1.61. The van der Waals surface area contributed by atoms with Crippen LogP contribution in [0.3, 0.4) is 0 Å². The molecule has 6 rings (SSSR count). The highest BCUT2D eigenvalue weighted by Crippen LogP contribution is 2.46. The number of anilines is 1. The van der Waals surface area contributed by atoms with Crippen molar-refractivity contribution >= 4 is 44.7 Å². The molecule has 5 aromatic rings. The van der Waals surface area contributed by atoms with Gasteiger partial charge < -0.3 is 5.73 Å². The number of pyridine rings is 1. The minimum Gasteiger partial charge on any atom is -0.397 e. The van der Waals surface area contributed by atoms with Crippen LogP contribution >= 0.6 is 11.3 Å². The first-order chi connectivity index (χ1) is 17.6. The molecule has 176 valence electrons. The van der Waals surface area contributed by atoms with Gasteiger partial charge in [-0.1, -0.05) is 60.7 Å². The van der Waals surface area contributed by atoms with Crippen LogP contribution in [0.5, 0.6) is 0 Å². The smallest absolute Gasteiger partial charge is 0.205 e. The Morgan fingerprint density at radius 1 is 0.917 bits per heavy atom. The quantitative estimate of drug-likeness (QED) is 0.262. The molecule has 3 aromatic carbocycles. The number of rotatable bonds is 4. The number of allylic oxidation sites excluding steroid dienone is 1. The van der Waals surface area contributed by atoms with Crippen LogP contribution in [0.15, 0.2) is 84.9 Å². The summed E-state index contributed by atoms with van der Waals surface area (Å²) in [4.78, 5) is 19.7. The SMILES string of the molecule is Nc1c(C(=O)c2ccc(F)cc2)sc2nc3c(c(-c4ccccc4)c12)CCCC3=Cc1ccccc1. The van der Waals surface area contributed by atoms with E-state index in [0.717, 1.165) is 51.9 Å². The molecule has 2 N–H and O–H groups in total. The van der Waals surface area contributed by atoms with E-state index in [1.54, 1.807) is 0 Å². The van der Waals surface area contributed by atoms with E-state index in [9.17, 15) is 9.18 Å². The average molecular weight is 491 g/mol. The minimum absolute atomic E-state index is 0.215. The third-order valence-electron chi connectivity index (χ3n) is 6.67. The highest BCUT2D eigenvalue weighted by atomic mass is 32.1. The predicted molar refractivity (Wildman–Crippen MR) is 147 cm³/mol. The Bertz CT molecular complexity index is 1620. The zero-order valence-electron chi connectivity index (χ0n) is 19.5. The number of carbonyl (C=O) groups is 1. The van der Waals surface area contributed by atoms with Crippen molar-refractivity contribution in [1.29, 1.82) is 0 Å². The summed E-state index contributed by atoms with van der Waals surface area (Å²) in [5.41, 5.74) is 14.2. The summed E-state index contributed by atoms with van der Waals surface area (Å²) >= 11 is 1.31. The molecule has 0 aliphatic heterocycles. The van der Waals surface area contributed by atoms with E-state index in [1.807, 2.05) is 36.4 Å². The van der Waals surface area contributed by atoms with Crippen LogP contribution in [0, 0.1) is 5.82 Å². The topological polar surface area (TPSA) is 56.0 Å². The molecule has 0 saturated carbocycles. The average Bonchev–Trinajstić information content (AvgIpc) is 3.24. The number of ketones is 1. The second kappa shape index (κ2) is 9.17. The Morgan fingerprint density at radius 2 is 1.61 bits per heavy atom. The predicted octanol–water partition coefficient (Wildman–Crippen LogP) is 7.79. The third kappa shape index (κ3) is 3.91. The van der Waals surface area contributed by atoms with Gasteiger partial charge in [0.25, 0.3) is 0 Å². The molecule has 0 radical (unpaired) electrons. The Morgan fingerprint density at radius 3 is 2.33 bits per heavy atom. The Kier molecular flexibility index (Phi) is 5.70. The summed E-state index contributed by atoms with van der Waals surface area (Å²) in [5, 5.41) is 0.830. The summed E-state index contributed by atoms with van der Waals surface area (Å²) in [5.74, 6) is -0.596. The maximum atomic E-state index is 13.5. The first-order valence-corrected chi connectivity index (χ1v) is 12.8. The van der Waals surface area contributed by atoms with Gasteiger partial charge in [-0.25, -0.2) is 9.37 Å². The number of fused-ring (bicyclic) bond motifs is 2. The molecule has 1 aliphatic carbocycles. The highest BCUT2D eigenvalue weighted by molar-refractivity contribution is 7.21. The first-order valence-electron chi connectivity index (χ1n) is 12.0. The Hall–Kier alpha value is -4.09. The monoisotopic (exact) mass is 490 g/mol. The van der Waals surface area contributed by atoms with E-state index >= 15 is 0 Å². The lowest BCUT2D eigenvalue weighted by atomic mass is 9.84. The number of hydrogen-bond acceptors (Lipinski definition) is 4. The molecule has 0 spiro atoms. The molecule has 36 heavy (non-hydrogen) atoms. The summed E-state index contributed by atoms with van der Waals surface area (Å²) in [6.07, 6.45) is 5.07. The van der Waals surface area contributed by atoms with Gasteiger partial charge in [-0.2, -0.15) is 0 Å². The number of carbonyl (C=O) groups excluding carboxylic acids is 1. The molecular weight excluding hydrogens is 467 g/mol. The molecule has 0 bridgehead atoms. The fourth-order valence-electron chi connectivity index (χ4n) is 4.99. The van der Waals surface area contributed by atoms with Gasteiger partial charge in [0.05, 0.1) is 11.4 Å². The van der Waals surface area contributed by atoms with Gasteiger partial charge in [0.15, 0.2) is 0 Å². The molecular formula is C31H23FN2OS. The molecule has 0 saturated heterocycles. The van der Waals surface area contributed by atoms with Crippen molar-refractivity contribution in [3.05, 3.63) is 118 Å². The zero-order valence-corrected chi connectivity index (χ0v) is 20.3. The van der Waals surface area contributed by atoms with E-state index in [0.29, 0.717) is 16.1 Å². The number of aromatic nitrogens is 1. The molecule has 2 heterocycles. The number of nitrogens with two attached hydrogens (primary N) is 1. The van der Waals surface area contributed by atoms with E-state index < -0.39 is 0 Å². The van der Waals surface area contributed by atoms with Crippen molar-refractivity contribution in [1.82, 2.24) is 4.98 Å². The van der Waals surface area contributed by atoms with Crippen molar-refractivity contribution in [2.24, 2.45) is 0 Å². The van der Waals surface area contributed by atoms with Crippen molar-refractivity contribution in [2.75, 3.05) is 5.73 Å². The van der Waals surface area contributed by atoms with Crippen LogP contribution in [0.25, 0.3) is 33.0 Å². The second-order valence-electron chi connectivity index (χ2n) is 8.97. The second-order valence-corrected chi connectivity index (χ2v) is 9.97. The lowest BCUT2D eigenvalue weighted by Gasteiger charge is -2.22. The molecule has 1 aliphatic rings. The number of thiophene rings is 1. The maximum Gasteiger partial charge on any atom is 0.205 e.